The molecule has 31 heavy (non-hydrogen) atoms. The standard InChI is InChI=1S/C24H31IN2O4/c1-5-17(3)26-24(29)22(6-2)27(15-18-7-11-20(30-4)12-8-18)23(28)16-31-21-13-9-19(25)10-14-21/h7-14,17,22H,5-6,15-16H2,1-4H3,(H,26,29)/t17-,22+/m0/s1. The molecule has 0 aromatic heterocycles. The highest BCUT2D eigenvalue weighted by Gasteiger charge is 2.29. The molecule has 0 radical (unpaired) electrons. The first kappa shape index (κ1) is 25.0. The normalized spacial score (nSPS) is 12.5. The maximum atomic E-state index is 13.2. The van der Waals surface area contributed by atoms with Crippen LogP contribution in [0.15, 0.2) is 48.5 Å². The summed E-state index contributed by atoms with van der Waals surface area (Å²) in [4.78, 5) is 27.7. The molecular weight excluding hydrogens is 507 g/mol. The highest BCUT2D eigenvalue weighted by Crippen LogP contribution is 2.18. The predicted octanol–water partition coefficient (Wildman–Crippen LogP) is 4.40. The topological polar surface area (TPSA) is 67.9 Å². The second-order valence-electron chi connectivity index (χ2n) is 7.35. The number of nitrogens with one attached hydrogen (secondary N) is 1. The van der Waals surface area contributed by atoms with Gasteiger partial charge in [-0.3, -0.25) is 9.59 Å². The van der Waals surface area contributed by atoms with Crippen molar-refractivity contribution in [2.24, 2.45) is 0 Å². The van der Waals surface area contributed by atoms with E-state index in [0.717, 1.165) is 21.3 Å². The van der Waals surface area contributed by atoms with Gasteiger partial charge in [0.05, 0.1) is 7.11 Å². The Morgan fingerprint density at radius 2 is 1.61 bits per heavy atom. The molecule has 1 N–H and O–H groups in total. The van der Waals surface area contributed by atoms with Crippen molar-refractivity contribution in [2.45, 2.75) is 52.2 Å². The van der Waals surface area contributed by atoms with Gasteiger partial charge in [0.15, 0.2) is 6.61 Å². The van der Waals surface area contributed by atoms with E-state index < -0.39 is 6.04 Å². The van der Waals surface area contributed by atoms with Crippen molar-refractivity contribution < 1.29 is 19.1 Å². The minimum atomic E-state index is -0.580. The van der Waals surface area contributed by atoms with Gasteiger partial charge in [0.2, 0.25) is 5.91 Å². The van der Waals surface area contributed by atoms with Gasteiger partial charge in [0.1, 0.15) is 17.5 Å². The van der Waals surface area contributed by atoms with Crippen LogP contribution in [0.5, 0.6) is 11.5 Å². The average molecular weight is 538 g/mol. The molecule has 0 spiro atoms. The molecule has 0 aliphatic heterocycles. The zero-order chi connectivity index (χ0) is 22.8. The van der Waals surface area contributed by atoms with Crippen LogP contribution < -0.4 is 14.8 Å². The number of carbonyl (C=O) groups is 2. The minimum Gasteiger partial charge on any atom is -0.497 e. The second kappa shape index (κ2) is 12.5. The largest absolute Gasteiger partial charge is 0.497 e. The maximum Gasteiger partial charge on any atom is 0.261 e. The highest BCUT2D eigenvalue weighted by molar-refractivity contribution is 14.1. The van der Waals surface area contributed by atoms with Gasteiger partial charge in [0, 0.05) is 16.2 Å². The Hall–Kier alpha value is -2.29. The van der Waals surface area contributed by atoms with Crippen LogP contribution in [0.1, 0.15) is 39.2 Å². The number of hydrogen-bond donors (Lipinski definition) is 1. The van der Waals surface area contributed by atoms with E-state index in [1.54, 1.807) is 12.0 Å². The van der Waals surface area contributed by atoms with E-state index in [1.807, 2.05) is 69.3 Å². The van der Waals surface area contributed by atoms with Crippen molar-refractivity contribution in [3.63, 3.8) is 0 Å². The van der Waals surface area contributed by atoms with Crippen LogP contribution in [0.3, 0.4) is 0 Å². The Labute approximate surface area is 198 Å². The van der Waals surface area contributed by atoms with Crippen molar-refractivity contribution in [3.05, 3.63) is 57.7 Å². The van der Waals surface area contributed by atoms with E-state index in [1.165, 1.54) is 0 Å². The zero-order valence-electron chi connectivity index (χ0n) is 18.6. The third-order valence-electron chi connectivity index (χ3n) is 5.07. The van der Waals surface area contributed by atoms with Crippen LogP contribution in [-0.2, 0) is 16.1 Å². The molecule has 0 aliphatic rings. The van der Waals surface area contributed by atoms with Gasteiger partial charge in [-0.2, -0.15) is 0 Å². The number of nitrogens with zero attached hydrogens (tertiary/aromatic N) is 1. The molecule has 6 nitrogen and oxygen atoms in total. The monoisotopic (exact) mass is 538 g/mol. The first-order chi connectivity index (χ1) is 14.9. The second-order valence-corrected chi connectivity index (χ2v) is 8.60. The van der Waals surface area contributed by atoms with Crippen molar-refractivity contribution in [1.29, 1.82) is 0 Å². The van der Waals surface area contributed by atoms with E-state index >= 15 is 0 Å². The minimum absolute atomic E-state index is 0.0440. The molecule has 0 fully saturated rings. The van der Waals surface area contributed by atoms with Crippen molar-refractivity contribution in [3.8, 4) is 11.5 Å². The molecule has 0 saturated heterocycles. The first-order valence-corrected chi connectivity index (χ1v) is 11.6. The molecule has 7 heteroatoms. The van der Waals surface area contributed by atoms with Crippen LogP contribution >= 0.6 is 22.6 Å². The summed E-state index contributed by atoms with van der Waals surface area (Å²) in [5, 5.41) is 3.01. The summed E-state index contributed by atoms with van der Waals surface area (Å²) in [7, 11) is 1.61. The van der Waals surface area contributed by atoms with Gasteiger partial charge in [-0.1, -0.05) is 26.0 Å². The lowest BCUT2D eigenvalue weighted by molar-refractivity contribution is -0.143. The number of carbonyl (C=O) groups excluding carboxylic acids is 2. The number of rotatable bonds is 11. The summed E-state index contributed by atoms with van der Waals surface area (Å²) in [5.74, 6) is 0.981. The summed E-state index contributed by atoms with van der Waals surface area (Å²) in [6, 6.07) is 14.5. The predicted molar refractivity (Wildman–Crippen MR) is 130 cm³/mol. The van der Waals surface area contributed by atoms with Crippen LogP contribution in [0, 0.1) is 3.57 Å². The number of methoxy groups -OCH3 is 1. The Bertz CT molecular complexity index is 840. The average Bonchev–Trinajstić information content (AvgIpc) is 2.78. The highest BCUT2D eigenvalue weighted by atomic mass is 127. The van der Waals surface area contributed by atoms with E-state index in [-0.39, 0.29) is 24.5 Å². The first-order valence-electron chi connectivity index (χ1n) is 10.5. The van der Waals surface area contributed by atoms with Gasteiger partial charge in [-0.05, 0) is 84.3 Å². The van der Waals surface area contributed by atoms with Gasteiger partial charge in [0.25, 0.3) is 5.91 Å². The van der Waals surface area contributed by atoms with Gasteiger partial charge >= 0.3 is 0 Å². The molecule has 168 valence electrons. The summed E-state index contributed by atoms with van der Waals surface area (Å²) >= 11 is 2.22. The zero-order valence-corrected chi connectivity index (χ0v) is 20.7. The van der Waals surface area contributed by atoms with Crippen molar-refractivity contribution >= 4 is 34.4 Å². The lowest BCUT2D eigenvalue weighted by Gasteiger charge is -2.31. The Morgan fingerprint density at radius 3 is 2.16 bits per heavy atom. The van der Waals surface area contributed by atoms with E-state index in [2.05, 4.69) is 27.9 Å². The molecule has 0 aliphatic carbocycles. The molecule has 0 unspecified atom stereocenters. The molecular formula is C24H31IN2O4. The van der Waals surface area contributed by atoms with Crippen molar-refractivity contribution in [2.75, 3.05) is 13.7 Å². The molecule has 2 rings (SSSR count). The molecule has 2 aromatic rings. The maximum absolute atomic E-state index is 13.2. The summed E-state index contributed by atoms with van der Waals surface area (Å²) in [6.07, 6.45) is 1.33. The fraction of sp³-hybridized carbons (Fsp3) is 0.417. The third kappa shape index (κ3) is 7.72. The van der Waals surface area contributed by atoms with Crippen LogP contribution in [-0.4, -0.2) is 42.5 Å². The molecule has 0 heterocycles. The van der Waals surface area contributed by atoms with Crippen LogP contribution in [0.2, 0.25) is 0 Å². The SMILES string of the molecule is CC[C@H](C(=O)N[C@@H](C)CC)N(Cc1ccc(OC)cc1)C(=O)COc1ccc(I)cc1. The van der Waals surface area contributed by atoms with Crippen LogP contribution in [0.25, 0.3) is 0 Å². The van der Waals surface area contributed by atoms with Gasteiger partial charge in [-0.15, -0.1) is 0 Å². The molecule has 2 atom stereocenters. The molecule has 2 aromatic carbocycles. The fourth-order valence-corrected chi connectivity index (χ4v) is 3.41. The van der Waals surface area contributed by atoms with E-state index in [0.29, 0.717) is 18.7 Å². The van der Waals surface area contributed by atoms with E-state index in [4.69, 9.17) is 9.47 Å². The number of hydrogen-bond acceptors (Lipinski definition) is 4. The molecule has 2 amide bonds. The summed E-state index contributed by atoms with van der Waals surface area (Å²) in [6.45, 7) is 6.06. The third-order valence-corrected chi connectivity index (χ3v) is 5.79. The smallest absolute Gasteiger partial charge is 0.261 e. The van der Waals surface area contributed by atoms with E-state index in [9.17, 15) is 9.59 Å². The van der Waals surface area contributed by atoms with Crippen molar-refractivity contribution in [1.82, 2.24) is 10.2 Å². The number of amides is 2. The summed E-state index contributed by atoms with van der Waals surface area (Å²) in [5.41, 5.74) is 0.915. The van der Waals surface area contributed by atoms with Gasteiger partial charge < -0.3 is 19.7 Å². The number of benzene rings is 2. The number of ether oxygens (including phenoxy) is 2. The Kier molecular flexibility index (Phi) is 10.1. The van der Waals surface area contributed by atoms with Crippen LogP contribution in [0.4, 0.5) is 0 Å². The Balaban J connectivity index is 2.20. The lowest BCUT2D eigenvalue weighted by Crippen LogP contribution is -2.51. The van der Waals surface area contributed by atoms with Gasteiger partial charge in [-0.25, -0.2) is 0 Å². The fourth-order valence-electron chi connectivity index (χ4n) is 3.05. The molecule has 0 bridgehead atoms. The number of halogens is 1. The Morgan fingerprint density at radius 1 is 1.00 bits per heavy atom. The molecule has 0 saturated carbocycles. The summed E-state index contributed by atoms with van der Waals surface area (Å²) < 4.78 is 12.0. The quantitative estimate of drug-likeness (QED) is 0.431. The lowest BCUT2D eigenvalue weighted by atomic mass is 10.1.